The molecular weight excluding hydrogens is 334 g/mol. The summed E-state index contributed by atoms with van der Waals surface area (Å²) in [5, 5.41) is 0. The predicted molar refractivity (Wildman–Crippen MR) is 111 cm³/mol. The molecule has 3 heteroatoms. The number of nitrogens with zero attached hydrogens (tertiary/aromatic N) is 1. The molecule has 3 rings (SSSR count). The number of carbonyl (C=O) groups excluding carboxylic acids is 2. The van der Waals surface area contributed by atoms with Crippen molar-refractivity contribution in [2.45, 2.75) is 58.3 Å². The molecule has 0 saturated heterocycles. The standard InChI is InChI=1S/C24H29NO2/c1-2-3-4-5-6-7-8-12-18-25-22-20(19-14-10-9-11-15-19)16-13-17-21(22)23(26)24(25)27/h9-11,13-17H,2-8,12,18H2,1H3. The fourth-order valence-corrected chi connectivity index (χ4v) is 3.82. The van der Waals surface area contributed by atoms with Crippen molar-refractivity contribution in [3.8, 4) is 11.1 Å². The fraction of sp³-hybridized carbons (Fsp3) is 0.417. The summed E-state index contributed by atoms with van der Waals surface area (Å²) in [6.45, 7) is 2.85. The zero-order valence-corrected chi connectivity index (χ0v) is 16.2. The Labute approximate surface area is 162 Å². The highest BCUT2D eigenvalue weighted by Gasteiger charge is 2.37. The molecule has 1 aliphatic rings. The summed E-state index contributed by atoms with van der Waals surface area (Å²) < 4.78 is 0. The Kier molecular flexibility index (Phi) is 6.80. The van der Waals surface area contributed by atoms with Crippen molar-refractivity contribution < 1.29 is 9.59 Å². The minimum absolute atomic E-state index is 0.373. The average molecular weight is 364 g/mol. The summed E-state index contributed by atoms with van der Waals surface area (Å²) in [4.78, 5) is 26.7. The molecule has 3 nitrogen and oxygen atoms in total. The Morgan fingerprint density at radius 3 is 2.04 bits per heavy atom. The van der Waals surface area contributed by atoms with E-state index < -0.39 is 0 Å². The van der Waals surface area contributed by atoms with Gasteiger partial charge in [0, 0.05) is 12.1 Å². The summed E-state index contributed by atoms with van der Waals surface area (Å²) in [5.74, 6) is -0.751. The van der Waals surface area contributed by atoms with Crippen LogP contribution in [-0.4, -0.2) is 18.2 Å². The monoisotopic (exact) mass is 363 g/mol. The van der Waals surface area contributed by atoms with Crippen molar-refractivity contribution in [3.63, 3.8) is 0 Å². The third kappa shape index (κ3) is 4.47. The SMILES string of the molecule is CCCCCCCCCCN1C(=O)C(=O)c2cccc(-c3ccccc3)c21. The number of amides is 1. The van der Waals surface area contributed by atoms with Crippen molar-refractivity contribution in [3.05, 3.63) is 54.1 Å². The number of rotatable bonds is 10. The highest BCUT2D eigenvalue weighted by Crippen LogP contribution is 2.38. The Hall–Kier alpha value is -2.42. The van der Waals surface area contributed by atoms with Crippen molar-refractivity contribution in [1.29, 1.82) is 0 Å². The van der Waals surface area contributed by atoms with Crippen LogP contribution in [0.3, 0.4) is 0 Å². The smallest absolute Gasteiger partial charge is 0.299 e. The lowest BCUT2D eigenvalue weighted by atomic mass is 10.00. The van der Waals surface area contributed by atoms with Crippen LogP contribution in [0.5, 0.6) is 0 Å². The van der Waals surface area contributed by atoms with Gasteiger partial charge in [-0.1, -0.05) is 94.3 Å². The molecule has 0 spiro atoms. The lowest BCUT2D eigenvalue weighted by molar-refractivity contribution is -0.114. The fourth-order valence-electron chi connectivity index (χ4n) is 3.82. The topological polar surface area (TPSA) is 37.4 Å². The largest absolute Gasteiger partial charge is 0.304 e. The molecule has 0 saturated carbocycles. The summed E-state index contributed by atoms with van der Waals surface area (Å²) in [7, 11) is 0. The van der Waals surface area contributed by atoms with Crippen molar-refractivity contribution in [2.24, 2.45) is 0 Å². The quantitative estimate of drug-likeness (QED) is 0.382. The van der Waals surface area contributed by atoms with Crippen molar-refractivity contribution in [1.82, 2.24) is 0 Å². The second-order valence-electron chi connectivity index (χ2n) is 7.33. The number of unbranched alkanes of at least 4 members (excludes halogenated alkanes) is 7. The highest BCUT2D eigenvalue weighted by molar-refractivity contribution is 6.53. The zero-order chi connectivity index (χ0) is 19.1. The Balaban J connectivity index is 1.66. The van der Waals surface area contributed by atoms with E-state index in [1.807, 2.05) is 42.5 Å². The second-order valence-corrected chi connectivity index (χ2v) is 7.33. The number of para-hydroxylation sites is 1. The number of ketones is 1. The molecule has 0 aromatic heterocycles. The summed E-state index contributed by atoms with van der Waals surface area (Å²) in [6, 6.07) is 15.6. The molecule has 0 aliphatic carbocycles. The van der Waals surface area contributed by atoms with Crippen molar-refractivity contribution in [2.75, 3.05) is 11.4 Å². The van der Waals surface area contributed by atoms with Gasteiger partial charge in [-0.2, -0.15) is 0 Å². The molecule has 0 atom stereocenters. The number of benzene rings is 2. The van der Waals surface area contributed by atoms with Gasteiger partial charge in [0.1, 0.15) is 0 Å². The maximum atomic E-state index is 12.6. The van der Waals surface area contributed by atoms with Crippen LogP contribution in [0.2, 0.25) is 0 Å². The Morgan fingerprint density at radius 2 is 1.33 bits per heavy atom. The van der Waals surface area contributed by atoms with Gasteiger partial charge in [-0.05, 0) is 18.1 Å². The second kappa shape index (κ2) is 9.50. The van der Waals surface area contributed by atoms with Crippen LogP contribution in [0.25, 0.3) is 11.1 Å². The first kappa shape index (κ1) is 19.3. The van der Waals surface area contributed by atoms with E-state index in [1.165, 1.54) is 38.5 Å². The van der Waals surface area contributed by atoms with E-state index in [2.05, 4.69) is 6.92 Å². The molecular formula is C24H29NO2. The molecule has 2 aromatic rings. The van der Waals surface area contributed by atoms with Crippen molar-refractivity contribution >= 4 is 17.4 Å². The van der Waals surface area contributed by atoms with Gasteiger partial charge in [-0.15, -0.1) is 0 Å². The molecule has 0 fully saturated rings. The van der Waals surface area contributed by atoms with Gasteiger partial charge in [-0.25, -0.2) is 0 Å². The summed E-state index contributed by atoms with van der Waals surface area (Å²) in [5.41, 5.74) is 3.34. The summed E-state index contributed by atoms with van der Waals surface area (Å²) >= 11 is 0. The number of hydrogen-bond donors (Lipinski definition) is 0. The molecule has 1 heterocycles. The minimum atomic E-state index is -0.378. The van der Waals surface area contributed by atoms with E-state index in [4.69, 9.17) is 0 Å². The van der Waals surface area contributed by atoms with E-state index in [0.29, 0.717) is 12.1 Å². The van der Waals surface area contributed by atoms with E-state index in [0.717, 1.165) is 29.7 Å². The van der Waals surface area contributed by atoms with Crippen LogP contribution < -0.4 is 4.90 Å². The summed E-state index contributed by atoms with van der Waals surface area (Å²) in [6.07, 6.45) is 9.73. The van der Waals surface area contributed by atoms with Gasteiger partial charge >= 0.3 is 0 Å². The van der Waals surface area contributed by atoms with Crippen LogP contribution in [0.1, 0.15) is 68.6 Å². The van der Waals surface area contributed by atoms with Gasteiger partial charge in [0.15, 0.2) is 0 Å². The molecule has 0 unspecified atom stereocenters. The minimum Gasteiger partial charge on any atom is -0.304 e. The molecule has 142 valence electrons. The number of anilines is 1. The molecule has 1 amide bonds. The highest BCUT2D eigenvalue weighted by atomic mass is 16.2. The van der Waals surface area contributed by atoms with Gasteiger partial charge in [0.2, 0.25) is 0 Å². The number of fused-ring (bicyclic) bond motifs is 1. The van der Waals surface area contributed by atoms with E-state index >= 15 is 0 Å². The van der Waals surface area contributed by atoms with Gasteiger partial charge in [0.05, 0.1) is 11.3 Å². The number of carbonyl (C=O) groups is 2. The van der Waals surface area contributed by atoms with Gasteiger partial charge in [-0.3, -0.25) is 9.59 Å². The first-order chi connectivity index (χ1) is 13.2. The third-order valence-electron chi connectivity index (χ3n) is 5.31. The molecule has 0 bridgehead atoms. The van der Waals surface area contributed by atoms with Gasteiger partial charge < -0.3 is 4.90 Å². The van der Waals surface area contributed by atoms with Gasteiger partial charge in [0.25, 0.3) is 11.7 Å². The molecule has 27 heavy (non-hydrogen) atoms. The van der Waals surface area contributed by atoms with Crippen LogP contribution in [0, 0.1) is 0 Å². The van der Waals surface area contributed by atoms with E-state index in [1.54, 1.807) is 11.0 Å². The average Bonchev–Trinajstić information content (AvgIpc) is 2.95. The maximum absolute atomic E-state index is 12.6. The maximum Gasteiger partial charge on any atom is 0.299 e. The van der Waals surface area contributed by atoms with Crippen LogP contribution in [0.4, 0.5) is 5.69 Å². The third-order valence-corrected chi connectivity index (χ3v) is 5.31. The van der Waals surface area contributed by atoms with Crippen LogP contribution in [-0.2, 0) is 4.79 Å². The first-order valence-corrected chi connectivity index (χ1v) is 10.3. The first-order valence-electron chi connectivity index (χ1n) is 10.3. The molecule has 0 N–H and O–H groups in total. The van der Waals surface area contributed by atoms with E-state index in [-0.39, 0.29) is 11.7 Å². The molecule has 2 aromatic carbocycles. The Morgan fingerprint density at radius 1 is 0.704 bits per heavy atom. The number of Topliss-reactive ketones (excluding diaryl/α,β-unsaturated/α-hetero) is 1. The predicted octanol–water partition coefficient (Wildman–Crippen LogP) is 6.02. The van der Waals surface area contributed by atoms with E-state index in [9.17, 15) is 9.59 Å². The zero-order valence-electron chi connectivity index (χ0n) is 16.2. The molecule has 1 aliphatic heterocycles. The lowest BCUT2D eigenvalue weighted by Crippen LogP contribution is -2.30. The normalized spacial score (nSPS) is 13.3. The Bertz CT molecular complexity index is 782. The lowest BCUT2D eigenvalue weighted by Gasteiger charge is -2.20. The number of hydrogen-bond acceptors (Lipinski definition) is 2. The van der Waals surface area contributed by atoms with Crippen LogP contribution >= 0.6 is 0 Å². The molecule has 0 radical (unpaired) electrons. The van der Waals surface area contributed by atoms with Crippen LogP contribution in [0.15, 0.2) is 48.5 Å².